The van der Waals surface area contributed by atoms with Crippen LogP contribution in [0.4, 0.5) is 0 Å². The minimum absolute atomic E-state index is 0. The Morgan fingerprint density at radius 3 is 1.28 bits per heavy atom. The van der Waals surface area contributed by atoms with Gasteiger partial charge in [-0.15, -0.1) is 24.8 Å². The van der Waals surface area contributed by atoms with Crippen molar-refractivity contribution >= 4 is 37.0 Å². The molecule has 8 rings (SSSR count). The van der Waals surface area contributed by atoms with Gasteiger partial charge in [0, 0.05) is 0 Å². The van der Waals surface area contributed by atoms with Crippen LogP contribution in [0.25, 0.3) is 34.4 Å². The Morgan fingerprint density at radius 2 is 0.906 bits per heavy atom. The van der Waals surface area contributed by atoms with Crippen LogP contribution in [0.5, 0.6) is 0 Å². The van der Waals surface area contributed by atoms with Gasteiger partial charge in [-0.25, -0.2) is 0 Å². The smallest absolute Gasteiger partial charge is 0.147 e. The second-order valence-electron chi connectivity index (χ2n) is 16.5. The van der Waals surface area contributed by atoms with Crippen LogP contribution in [0.2, 0.25) is 7.35 Å². The van der Waals surface area contributed by atoms with Gasteiger partial charge in [-0.2, -0.15) is 0 Å². The third-order valence-corrected chi connectivity index (χ3v) is 38.4. The molecule has 1 heterocycles. The molecular formula is C50H62Cl2Hf. The number of aryl methyl sites for hydroxylation is 2. The molecule has 53 heavy (non-hydrogen) atoms. The number of hydrogen-bond donors (Lipinski definition) is 0. The number of rotatable bonds is 14. The van der Waals surface area contributed by atoms with Crippen molar-refractivity contribution in [3.63, 3.8) is 0 Å². The summed E-state index contributed by atoms with van der Waals surface area (Å²) in [5, 5.41) is 0. The molecular weight excluding hydrogens is 850 g/mol. The zero-order chi connectivity index (χ0) is 35.0. The second-order valence-corrected chi connectivity index (χ2v) is 33.2. The maximum absolute atomic E-state index is 3.26. The standard InChI is InChI=1S/2C22H25.C6H10.2ClH.Hf/c2*1-3-5-8-18-15-20-9-6-10-21(22(20)16-18)19-13-11-17(7-4-2)12-14-19;1-2-4-6-5-3-1;;;/h2*6,9-16H,3-5,7-8H2,1-2H3;1-2H,3-6H2;2*1H;. The van der Waals surface area contributed by atoms with E-state index in [4.69, 9.17) is 0 Å². The number of unbranched alkanes of at least 4 members (excludes halogenated alkanes) is 2. The van der Waals surface area contributed by atoms with Gasteiger partial charge >= 0.3 is 316 Å². The largest absolute Gasteiger partial charge is 0.147 e. The first-order valence-electron chi connectivity index (χ1n) is 21.0. The van der Waals surface area contributed by atoms with Gasteiger partial charge in [-0.1, -0.05) is 0 Å². The maximum Gasteiger partial charge on any atom is -0.147 e. The fourth-order valence-electron chi connectivity index (χ4n) is 11.3. The predicted octanol–water partition coefficient (Wildman–Crippen LogP) is 16.0. The molecule has 1 saturated carbocycles. The van der Waals surface area contributed by atoms with E-state index in [0.29, 0.717) is 0 Å². The van der Waals surface area contributed by atoms with Crippen molar-refractivity contribution in [2.24, 2.45) is 0 Å². The SMILES string of the molecule is CCCCC1=Cc2c(-c3ccc(CCC)cc3)cccc2[CH]1[Hf]1([CH]2C(CCCC)=Cc3c(-c4ccc(CCC)cc4)cccc32)[CH]2CCCC[CH]21.Cl.Cl. The van der Waals surface area contributed by atoms with E-state index in [9.17, 15) is 0 Å². The molecule has 0 bridgehead atoms. The third kappa shape index (κ3) is 7.31. The maximum atomic E-state index is 2.76. The van der Waals surface area contributed by atoms with Crippen molar-refractivity contribution in [2.45, 2.75) is 132 Å². The van der Waals surface area contributed by atoms with Gasteiger partial charge < -0.3 is 0 Å². The summed E-state index contributed by atoms with van der Waals surface area (Å²) in [5.41, 5.74) is 19.0. The Bertz CT molecular complexity index is 1780. The van der Waals surface area contributed by atoms with Crippen molar-refractivity contribution in [1.29, 1.82) is 0 Å². The van der Waals surface area contributed by atoms with Crippen LogP contribution in [0.15, 0.2) is 96.1 Å². The number of benzene rings is 4. The zero-order valence-electron chi connectivity index (χ0n) is 32.8. The first-order valence-corrected chi connectivity index (χ1v) is 29.3. The molecule has 0 N–H and O–H groups in total. The van der Waals surface area contributed by atoms with Crippen LogP contribution < -0.4 is 0 Å². The molecule has 0 amide bonds. The molecule has 0 aromatic heterocycles. The van der Waals surface area contributed by atoms with Gasteiger partial charge in [0.1, 0.15) is 0 Å². The van der Waals surface area contributed by atoms with Gasteiger partial charge in [-0.3, -0.25) is 0 Å². The summed E-state index contributed by atoms with van der Waals surface area (Å²) >= 11 is -3.26. The average molecular weight is 912 g/mol. The van der Waals surface area contributed by atoms with E-state index in [1.807, 2.05) is 11.1 Å². The second kappa shape index (κ2) is 17.7. The molecule has 0 radical (unpaired) electrons. The van der Waals surface area contributed by atoms with Gasteiger partial charge in [0.05, 0.1) is 0 Å². The normalized spacial score (nSPS) is 23.5. The van der Waals surface area contributed by atoms with Crippen molar-refractivity contribution < 1.29 is 20.0 Å². The fraction of sp³-hybridized carbons (Fsp3) is 0.440. The van der Waals surface area contributed by atoms with E-state index in [0.717, 1.165) is 14.7 Å². The van der Waals surface area contributed by atoms with E-state index >= 15 is 0 Å². The van der Waals surface area contributed by atoms with E-state index in [2.05, 4.69) is 125 Å². The fourth-order valence-corrected chi connectivity index (χ4v) is 46.7. The summed E-state index contributed by atoms with van der Waals surface area (Å²) in [6.45, 7) is 9.37. The Kier molecular flexibility index (Phi) is 13.5. The zero-order valence-corrected chi connectivity index (χ0v) is 38.0. The predicted molar refractivity (Wildman–Crippen MR) is 233 cm³/mol. The van der Waals surface area contributed by atoms with E-state index in [1.165, 1.54) is 123 Å². The van der Waals surface area contributed by atoms with Gasteiger partial charge in [0.2, 0.25) is 0 Å². The Morgan fingerprint density at radius 1 is 0.491 bits per heavy atom. The molecule has 280 valence electrons. The number of hydrogen-bond acceptors (Lipinski definition) is 0. The molecule has 4 aromatic carbocycles. The first kappa shape index (κ1) is 40.5. The van der Waals surface area contributed by atoms with Crippen molar-refractivity contribution in [3.05, 3.63) is 129 Å². The van der Waals surface area contributed by atoms with Gasteiger partial charge in [-0.05, 0) is 0 Å². The van der Waals surface area contributed by atoms with Crippen molar-refractivity contribution in [1.82, 2.24) is 0 Å². The summed E-state index contributed by atoms with van der Waals surface area (Å²) in [6, 6.07) is 34.2. The Labute approximate surface area is 338 Å². The van der Waals surface area contributed by atoms with Crippen LogP contribution >= 0.6 is 24.8 Å². The molecule has 3 aliphatic carbocycles. The molecule has 3 heteroatoms. The van der Waals surface area contributed by atoms with Crippen LogP contribution in [0.1, 0.15) is 145 Å². The molecule has 4 aliphatic rings. The first-order chi connectivity index (χ1) is 25.1. The van der Waals surface area contributed by atoms with Crippen LogP contribution in [-0.2, 0) is 32.8 Å². The number of allylic oxidation sites excluding steroid dienone is 2. The summed E-state index contributed by atoms with van der Waals surface area (Å²) in [4.78, 5) is 0. The number of halogens is 2. The topological polar surface area (TPSA) is 0 Å². The summed E-state index contributed by atoms with van der Waals surface area (Å²) in [7, 11) is 0. The van der Waals surface area contributed by atoms with Crippen molar-refractivity contribution in [3.8, 4) is 22.3 Å². The van der Waals surface area contributed by atoms with Crippen LogP contribution in [0, 0.1) is 0 Å². The Hall–Kier alpha value is -2.19. The average Bonchev–Trinajstić information content (AvgIpc) is 3.43. The van der Waals surface area contributed by atoms with Gasteiger partial charge in [0.15, 0.2) is 0 Å². The minimum Gasteiger partial charge on any atom is -0.147 e. The molecule has 0 nitrogen and oxygen atoms in total. The Balaban J connectivity index is 0.00000240. The molecule has 4 unspecified atom stereocenters. The summed E-state index contributed by atoms with van der Waals surface area (Å²) in [6.07, 6.45) is 23.9. The van der Waals surface area contributed by atoms with E-state index < -0.39 is 20.0 Å². The molecule has 1 saturated heterocycles. The molecule has 4 atom stereocenters. The third-order valence-electron chi connectivity index (χ3n) is 13.5. The monoisotopic (exact) mass is 912 g/mol. The van der Waals surface area contributed by atoms with Crippen molar-refractivity contribution in [2.75, 3.05) is 0 Å². The number of fused-ring (bicyclic) bond motifs is 3. The van der Waals surface area contributed by atoms with E-state index in [1.54, 1.807) is 22.3 Å². The minimum atomic E-state index is -3.26. The quantitative estimate of drug-likeness (QED) is 0.111. The van der Waals surface area contributed by atoms with Gasteiger partial charge in [0.25, 0.3) is 0 Å². The molecule has 0 spiro atoms. The summed E-state index contributed by atoms with van der Waals surface area (Å²) in [5.74, 6) is 0. The summed E-state index contributed by atoms with van der Waals surface area (Å²) < 4.78 is 3.51. The molecule has 2 fully saturated rings. The van der Waals surface area contributed by atoms with Crippen LogP contribution in [-0.4, -0.2) is 0 Å². The van der Waals surface area contributed by atoms with Crippen LogP contribution in [0.3, 0.4) is 0 Å². The molecule has 4 aromatic rings. The molecule has 1 aliphatic heterocycles. The van der Waals surface area contributed by atoms with E-state index in [-0.39, 0.29) is 24.8 Å².